The molecule has 1 aliphatic heterocycles. The van der Waals surface area contributed by atoms with Gasteiger partial charge in [0.2, 0.25) is 0 Å². The first-order valence-electron chi connectivity index (χ1n) is 5.80. The van der Waals surface area contributed by atoms with Crippen molar-refractivity contribution in [2.45, 2.75) is 26.7 Å². The van der Waals surface area contributed by atoms with Gasteiger partial charge in [0, 0.05) is 0 Å². The second-order valence-corrected chi connectivity index (χ2v) is 5.24. The molecule has 1 aliphatic rings. The molecular formula is C13H22N2S. The molecule has 0 amide bonds. The molecule has 0 aromatic rings. The minimum Gasteiger partial charge on any atom is -0.317 e. The molecule has 0 atom stereocenters. The van der Waals surface area contributed by atoms with Gasteiger partial charge in [-0.05, 0) is 58.0 Å². The van der Waals surface area contributed by atoms with Gasteiger partial charge >= 0.3 is 0 Å². The highest BCUT2D eigenvalue weighted by atomic mass is 32.2. The lowest BCUT2D eigenvalue weighted by molar-refractivity contribution is 0.419. The second-order valence-electron chi connectivity index (χ2n) is 4.24. The molecule has 0 aliphatic carbocycles. The third-order valence-corrected chi connectivity index (χ3v) is 3.66. The normalized spacial score (nSPS) is 19.9. The zero-order valence-electron chi connectivity index (χ0n) is 10.5. The molecule has 3 heteroatoms. The molecule has 0 aromatic heterocycles. The summed E-state index contributed by atoms with van der Waals surface area (Å²) < 4.78 is 0. The summed E-state index contributed by atoms with van der Waals surface area (Å²) in [6, 6.07) is 0. The van der Waals surface area contributed by atoms with E-state index in [-0.39, 0.29) is 0 Å². The lowest BCUT2D eigenvalue weighted by Crippen LogP contribution is -2.28. The third kappa shape index (κ3) is 4.54. The van der Waals surface area contributed by atoms with Crippen molar-refractivity contribution in [3.05, 3.63) is 23.9 Å². The van der Waals surface area contributed by atoms with Crippen LogP contribution in [0.2, 0.25) is 0 Å². The van der Waals surface area contributed by atoms with E-state index in [1.807, 2.05) is 13.2 Å². The zero-order valence-corrected chi connectivity index (χ0v) is 11.4. The molecule has 0 saturated carbocycles. The van der Waals surface area contributed by atoms with Crippen LogP contribution in [0.25, 0.3) is 0 Å². The quantitative estimate of drug-likeness (QED) is 0.464. The van der Waals surface area contributed by atoms with Crippen LogP contribution < -0.4 is 5.32 Å². The molecule has 0 bridgehead atoms. The molecule has 16 heavy (non-hydrogen) atoms. The first kappa shape index (κ1) is 13.5. The lowest BCUT2D eigenvalue weighted by atomic mass is 9.90. The van der Waals surface area contributed by atoms with E-state index in [0.717, 1.165) is 23.8 Å². The number of hydrogen-bond acceptors (Lipinski definition) is 3. The molecule has 0 spiro atoms. The van der Waals surface area contributed by atoms with Gasteiger partial charge in [-0.25, -0.2) is 4.99 Å². The number of piperidine rings is 1. The third-order valence-electron chi connectivity index (χ3n) is 2.97. The lowest BCUT2D eigenvalue weighted by Gasteiger charge is -2.23. The number of nitrogens with zero attached hydrogens (tertiary/aromatic N) is 1. The highest BCUT2D eigenvalue weighted by Crippen LogP contribution is 2.22. The minimum absolute atomic E-state index is 0.711. The molecule has 1 rings (SSSR count). The van der Waals surface area contributed by atoms with Gasteiger partial charge in [0.1, 0.15) is 0 Å². The molecule has 90 valence electrons. The average Bonchev–Trinajstić information content (AvgIpc) is 2.29. The maximum atomic E-state index is 4.42. The number of rotatable bonds is 3. The van der Waals surface area contributed by atoms with Gasteiger partial charge in [0.05, 0.1) is 10.7 Å². The van der Waals surface area contributed by atoms with Crippen LogP contribution in [0.5, 0.6) is 0 Å². The second kappa shape index (κ2) is 6.92. The summed E-state index contributed by atoms with van der Waals surface area (Å²) in [5.41, 5.74) is 2.30. The molecule has 0 aromatic carbocycles. The van der Waals surface area contributed by atoms with E-state index in [9.17, 15) is 0 Å². The van der Waals surface area contributed by atoms with Crippen molar-refractivity contribution in [3.8, 4) is 0 Å². The number of thioether (sulfide) groups is 1. The van der Waals surface area contributed by atoms with E-state index in [1.165, 1.54) is 18.4 Å². The van der Waals surface area contributed by atoms with Crippen molar-refractivity contribution in [1.29, 1.82) is 0 Å². The van der Waals surface area contributed by atoms with E-state index in [0.29, 0.717) is 5.92 Å². The predicted molar refractivity (Wildman–Crippen MR) is 75.1 cm³/mol. The molecule has 1 N–H and O–H groups in total. The molecule has 1 heterocycles. The number of aliphatic imine (C=N–C) groups is 1. The Balaban J connectivity index is 2.57. The van der Waals surface area contributed by atoms with Crippen molar-refractivity contribution in [2.75, 3.05) is 19.3 Å². The van der Waals surface area contributed by atoms with Crippen LogP contribution in [0.3, 0.4) is 0 Å². The smallest absolute Gasteiger partial charge is 0.0704 e. The van der Waals surface area contributed by atoms with Crippen molar-refractivity contribution >= 4 is 16.8 Å². The summed E-state index contributed by atoms with van der Waals surface area (Å²) in [4.78, 5) is 4.42. The monoisotopic (exact) mass is 238 g/mol. The average molecular weight is 238 g/mol. The molecule has 1 saturated heterocycles. The van der Waals surface area contributed by atoms with E-state index < -0.39 is 0 Å². The van der Waals surface area contributed by atoms with Crippen molar-refractivity contribution in [1.82, 2.24) is 5.32 Å². The first-order valence-corrected chi connectivity index (χ1v) is 7.03. The molecular weight excluding hydrogens is 216 g/mol. The Morgan fingerprint density at radius 2 is 2.00 bits per heavy atom. The molecule has 2 nitrogen and oxygen atoms in total. The van der Waals surface area contributed by atoms with Crippen molar-refractivity contribution < 1.29 is 0 Å². The Morgan fingerprint density at radius 1 is 1.38 bits per heavy atom. The fourth-order valence-electron chi connectivity index (χ4n) is 1.94. The van der Waals surface area contributed by atoms with Crippen LogP contribution in [-0.4, -0.2) is 24.4 Å². The van der Waals surface area contributed by atoms with Gasteiger partial charge in [-0.3, -0.25) is 0 Å². The highest BCUT2D eigenvalue weighted by molar-refractivity contribution is 8.13. The van der Waals surface area contributed by atoms with Gasteiger partial charge in [-0.15, -0.1) is 11.8 Å². The Labute approximate surface area is 103 Å². The van der Waals surface area contributed by atoms with E-state index in [2.05, 4.69) is 29.9 Å². The molecule has 0 unspecified atom stereocenters. The topological polar surface area (TPSA) is 24.4 Å². The van der Waals surface area contributed by atoms with Crippen LogP contribution in [-0.2, 0) is 0 Å². The Hall–Kier alpha value is -0.540. The summed E-state index contributed by atoms with van der Waals surface area (Å²) in [6.07, 6.45) is 6.65. The Bertz CT molecular complexity index is 299. The largest absolute Gasteiger partial charge is 0.317 e. The highest BCUT2D eigenvalue weighted by Gasteiger charge is 2.14. The van der Waals surface area contributed by atoms with Gasteiger partial charge in [-0.2, -0.15) is 0 Å². The summed E-state index contributed by atoms with van der Waals surface area (Å²) in [6.45, 7) is 10.5. The van der Waals surface area contributed by atoms with Gasteiger partial charge in [-0.1, -0.05) is 12.2 Å². The van der Waals surface area contributed by atoms with Crippen molar-refractivity contribution in [2.24, 2.45) is 10.9 Å². The first-order chi connectivity index (χ1) is 7.63. The fraction of sp³-hybridized carbons (Fsp3) is 0.615. The minimum atomic E-state index is 0.711. The summed E-state index contributed by atoms with van der Waals surface area (Å²) in [5.74, 6) is 0.711. The summed E-state index contributed by atoms with van der Waals surface area (Å²) in [7, 11) is 0. The van der Waals surface area contributed by atoms with Crippen LogP contribution in [0.1, 0.15) is 26.7 Å². The van der Waals surface area contributed by atoms with E-state index in [4.69, 9.17) is 0 Å². The Kier molecular flexibility index (Phi) is 5.85. The standard InChI is InChI=1S/C13H22N2S/c1-10(13-5-7-14-8-6-13)9-11(2)15-12(3)16-4/h9,13-14H,2,5-8H2,1,3-4H3/b10-9+,15-12?. The maximum Gasteiger partial charge on any atom is 0.0704 e. The SMILES string of the molecule is C=C(/C=C(\C)C1CCNCC1)N=C(C)SC. The number of allylic oxidation sites excluding steroid dienone is 2. The van der Waals surface area contributed by atoms with Crippen LogP contribution in [0, 0.1) is 5.92 Å². The predicted octanol–water partition coefficient (Wildman–Crippen LogP) is 3.23. The van der Waals surface area contributed by atoms with Crippen molar-refractivity contribution in [3.63, 3.8) is 0 Å². The zero-order chi connectivity index (χ0) is 12.0. The van der Waals surface area contributed by atoms with Gasteiger partial charge in [0.25, 0.3) is 0 Å². The van der Waals surface area contributed by atoms with Crippen LogP contribution in [0.15, 0.2) is 28.9 Å². The summed E-state index contributed by atoms with van der Waals surface area (Å²) in [5, 5.41) is 4.45. The van der Waals surface area contributed by atoms with Crippen LogP contribution >= 0.6 is 11.8 Å². The maximum absolute atomic E-state index is 4.42. The fourth-order valence-corrected chi connectivity index (χ4v) is 2.15. The molecule has 0 radical (unpaired) electrons. The number of nitrogens with one attached hydrogen (secondary N) is 1. The van der Waals surface area contributed by atoms with Gasteiger partial charge in [0.15, 0.2) is 0 Å². The Morgan fingerprint density at radius 3 is 2.56 bits per heavy atom. The van der Waals surface area contributed by atoms with Crippen LogP contribution in [0.4, 0.5) is 0 Å². The molecule has 1 fully saturated rings. The van der Waals surface area contributed by atoms with Gasteiger partial charge < -0.3 is 5.32 Å². The summed E-state index contributed by atoms with van der Waals surface area (Å²) >= 11 is 1.67. The van der Waals surface area contributed by atoms with E-state index in [1.54, 1.807) is 11.8 Å². The number of hydrogen-bond donors (Lipinski definition) is 1. The van der Waals surface area contributed by atoms with E-state index >= 15 is 0 Å².